The maximum Gasteiger partial charge on any atom is 0.0932 e. The van der Waals surface area contributed by atoms with Gasteiger partial charge in [-0.3, -0.25) is 9.97 Å². The summed E-state index contributed by atoms with van der Waals surface area (Å²) < 4.78 is 0. The molecule has 0 amide bonds. The zero-order chi connectivity index (χ0) is 10.7. The van der Waals surface area contributed by atoms with E-state index in [-0.39, 0.29) is 0 Å². The monoisotopic (exact) mass is 217 g/mol. The Labute approximate surface area is 92.3 Å². The van der Waals surface area contributed by atoms with Crippen molar-refractivity contribution in [3.05, 3.63) is 35.7 Å². The molecular formula is C11H8ClN3. The number of pyridine rings is 2. The Balaban J connectivity index is 2.74. The summed E-state index contributed by atoms with van der Waals surface area (Å²) in [6, 6.07) is 5.83. The molecule has 0 spiro atoms. The van der Waals surface area contributed by atoms with Crippen LogP contribution in [0.2, 0.25) is 0 Å². The minimum atomic E-state index is 0.318. The fraction of sp³-hybridized carbons (Fsp3) is 0.182. The van der Waals surface area contributed by atoms with Crippen LogP contribution in [0, 0.1) is 11.3 Å². The molecule has 0 aliphatic heterocycles. The third kappa shape index (κ3) is 1.77. The lowest BCUT2D eigenvalue weighted by Gasteiger charge is -2.05. The van der Waals surface area contributed by atoms with Crippen molar-refractivity contribution >= 4 is 22.6 Å². The molecule has 0 saturated heterocycles. The Kier molecular flexibility index (Phi) is 2.79. The van der Waals surface area contributed by atoms with Crippen LogP contribution in [0.25, 0.3) is 11.0 Å². The highest BCUT2D eigenvalue weighted by Crippen LogP contribution is 2.19. The van der Waals surface area contributed by atoms with Gasteiger partial charge < -0.3 is 0 Å². The third-order valence-electron chi connectivity index (χ3n) is 2.22. The van der Waals surface area contributed by atoms with Crippen molar-refractivity contribution in [2.24, 2.45) is 0 Å². The largest absolute Gasteiger partial charge is 0.254 e. The quantitative estimate of drug-likeness (QED) is 0.726. The molecule has 0 N–H and O–H groups in total. The number of hydrogen-bond donors (Lipinski definition) is 0. The van der Waals surface area contributed by atoms with Gasteiger partial charge in [-0.2, -0.15) is 5.26 Å². The Morgan fingerprint density at radius 2 is 2.27 bits per heavy atom. The highest BCUT2D eigenvalue weighted by Gasteiger charge is 2.08. The second-order valence-electron chi connectivity index (χ2n) is 3.10. The summed E-state index contributed by atoms with van der Waals surface area (Å²) in [5.41, 5.74) is 3.34. The van der Waals surface area contributed by atoms with Crippen molar-refractivity contribution < 1.29 is 0 Å². The number of alkyl halides is 1. The first kappa shape index (κ1) is 9.88. The predicted octanol–water partition coefficient (Wildman–Crippen LogP) is 2.43. The van der Waals surface area contributed by atoms with Gasteiger partial charge in [0.1, 0.15) is 0 Å². The zero-order valence-corrected chi connectivity index (χ0v) is 8.70. The van der Waals surface area contributed by atoms with Crippen molar-refractivity contribution in [1.82, 2.24) is 9.97 Å². The Morgan fingerprint density at radius 1 is 1.40 bits per heavy atom. The summed E-state index contributed by atoms with van der Waals surface area (Å²) >= 11 is 5.79. The molecule has 2 heterocycles. The lowest BCUT2D eigenvalue weighted by Crippen LogP contribution is -1.96. The standard InChI is InChI=1S/C11H8ClN3/c12-6-8-7-15-10-2-1-5-14-11(10)9(8)3-4-13/h1-2,5,7H,3,6H2. The summed E-state index contributed by atoms with van der Waals surface area (Å²) in [5.74, 6) is 0.358. The molecule has 15 heavy (non-hydrogen) atoms. The van der Waals surface area contributed by atoms with Crippen LogP contribution in [0.15, 0.2) is 24.5 Å². The molecule has 3 nitrogen and oxygen atoms in total. The zero-order valence-electron chi connectivity index (χ0n) is 7.94. The van der Waals surface area contributed by atoms with Gasteiger partial charge in [-0.05, 0) is 23.3 Å². The molecule has 74 valence electrons. The molecule has 0 aromatic carbocycles. The van der Waals surface area contributed by atoms with E-state index in [0.29, 0.717) is 12.3 Å². The summed E-state index contributed by atoms with van der Waals surface area (Å²) in [4.78, 5) is 8.47. The average Bonchev–Trinajstić information content (AvgIpc) is 2.30. The Hall–Kier alpha value is -1.66. The number of aromatic nitrogens is 2. The lowest BCUT2D eigenvalue weighted by atomic mass is 10.1. The first-order chi connectivity index (χ1) is 7.36. The van der Waals surface area contributed by atoms with Gasteiger partial charge in [0.25, 0.3) is 0 Å². The molecule has 0 atom stereocenters. The number of nitriles is 1. The summed E-state index contributed by atoms with van der Waals surface area (Å²) in [6.45, 7) is 0. The van der Waals surface area contributed by atoms with Crippen molar-refractivity contribution in [3.8, 4) is 6.07 Å². The molecule has 0 aliphatic carbocycles. The maximum absolute atomic E-state index is 8.76. The van der Waals surface area contributed by atoms with Crippen LogP contribution in [-0.2, 0) is 12.3 Å². The molecule has 0 aliphatic rings. The number of hydrogen-bond acceptors (Lipinski definition) is 3. The first-order valence-corrected chi connectivity index (χ1v) is 5.04. The van der Waals surface area contributed by atoms with Crippen LogP contribution in [0.5, 0.6) is 0 Å². The molecule has 0 unspecified atom stereocenters. The number of nitrogens with zero attached hydrogens (tertiary/aromatic N) is 3. The van der Waals surface area contributed by atoms with Crippen molar-refractivity contribution in [3.63, 3.8) is 0 Å². The van der Waals surface area contributed by atoms with Gasteiger partial charge in [-0.15, -0.1) is 11.6 Å². The van der Waals surface area contributed by atoms with Gasteiger partial charge in [-0.25, -0.2) is 0 Å². The fourth-order valence-electron chi connectivity index (χ4n) is 1.50. The van der Waals surface area contributed by atoms with E-state index >= 15 is 0 Å². The smallest absolute Gasteiger partial charge is 0.0932 e. The van der Waals surface area contributed by atoms with Gasteiger partial charge in [0.2, 0.25) is 0 Å². The molecule has 0 fully saturated rings. The van der Waals surface area contributed by atoms with Crippen molar-refractivity contribution in [2.75, 3.05) is 0 Å². The van der Waals surface area contributed by atoms with E-state index in [1.54, 1.807) is 12.4 Å². The van der Waals surface area contributed by atoms with Crippen molar-refractivity contribution in [1.29, 1.82) is 5.26 Å². The first-order valence-electron chi connectivity index (χ1n) is 4.51. The van der Waals surface area contributed by atoms with Gasteiger partial charge in [0, 0.05) is 18.3 Å². The van der Waals surface area contributed by atoms with E-state index in [0.717, 1.165) is 22.2 Å². The Bertz CT molecular complexity index is 531. The minimum Gasteiger partial charge on any atom is -0.254 e. The Morgan fingerprint density at radius 3 is 3.00 bits per heavy atom. The molecule has 4 heteroatoms. The minimum absolute atomic E-state index is 0.318. The molecule has 0 bridgehead atoms. The van der Waals surface area contributed by atoms with Gasteiger partial charge in [0.05, 0.1) is 23.5 Å². The molecule has 2 aromatic heterocycles. The van der Waals surface area contributed by atoms with E-state index in [1.165, 1.54) is 0 Å². The molecular weight excluding hydrogens is 210 g/mol. The summed E-state index contributed by atoms with van der Waals surface area (Å²) in [7, 11) is 0. The van der Waals surface area contributed by atoms with Gasteiger partial charge in [0.15, 0.2) is 0 Å². The van der Waals surface area contributed by atoms with Crippen LogP contribution in [-0.4, -0.2) is 9.97 Å². The van der Waals surface area contributed by atoms with E-state index in [1.807, 2.05) is 12.1 Å². The number of halogens is 1. The van der Waals surface area contributed by atoms with Crippen LogP contribution >= 0.6 is 11.6 Å². The molecule has 2 rings (SSSR count). The summed E-state index contributed by atoms with van der Waals surface area (Å²) in [5, 5.41) is 8.76. The van der Waals surface area contributed by atoms with Crippen LogP contribution in [0.4, 0.5) is 0 Å². The maximum atomic E-state index is 8.76. The molecule has 2 aromatic rings. The second-order valence-corrected chi connectivity index (χ2v) is 3.37. The van der Waals surface area contributed by atoms with E-state index in [2.05, 4.69) is 16.0 Å². The number of fused-ring (bicyclic) bond motifs is 1. The van der Waals surface area contributed by atoms with E-state index in [9.17, 15) is 0 Å². The normalized spacial score (nSPS) is 10.1. The average molecular weight is 218 g/mol. The highest BCUT2D eigenvalue weighted by atomic mass is 35.5. The van der Waals surface area contributed by atoms with Crippen LogP contribution in [0.3, 0.4) is 0 Å². The topological polar surface area (TPSA) is 49.6 Å². The van der Waals surface area contributed by atoms with Crippen LogP contribution in [0.1, 0.15) is 11.1 Å². The highest BCUT2D eigenvalue weighted by molar-refractivity contribution is 6.17. The second kappa shape index (κ2) is 4.24. The lowest BCUT2D eigenvalue weighted by molar-refractivity contribution is 1.16. The summed E-state index contributed by atoms with van der Waals surface area (Å²) in [6.07, 6.45) is 3.73. The van der Waals surface area contributed by atoms with Crippen LogP contribution < -0.4 is 0 Å². The van der Waals surface area contributed by atoms with Gasteiger partial charge in [-0.1, -0.05) is 0 Å². The fourth-order valence-corrected chi connectivity index (χ4v) is 1.73. The predicted molar refractivity (Wildman–Crippen MR) is 58.4 cm³/mol. The molecule has 0 saturated carbocycles. The third-order valence-corrected chi connectivity index (χ3v) is 2.51. The SMILES string of the molecule is N#CCc1c(CCl)cnc2cccnc12. The molecule has 0 radical (unpaired) electrons. The van der Waals surface area contributed by atoms with Gasteiger partial charge >= 0.3 is 0 Å². The van der Waals surface area contributed by atoms with Crippen molar-refractivity contribution in [2.45, 2.75) is 12.3 Å². The number of rotatable bonds is 2. The van der Waals surface area contributed by atoms with E-state index < -0.39 is 0 Å². The van der Waals surface area contributed by atoms with E-state index in [4.69, 9.17) is 16.9 Å².